The Labute approximate surface area is 93.8 Å². The molecule has 4 nitrogen and oxygen atoms in total. The summed E-state index contributed by atoms with van der Waals surface area (Å²) in [5.41, 5.74) is -0.704. The number of alkyl halides is 2. The van der Waals surface area contributed by atoms with Crippen molar-refractivity contribution in [1.82, 2.24) is 0 Å². The van der Waals surface area contributed by atoms with Crippen molar-refractivity contribution in [2.45, 2.75) is 13.0 Å². The van der Waals surface area contributed by atoms with Crippen molar-refractivity contribution in [2.24, 2.45) is 0 Å². The molecule has 0 fully saturated rings. The molecule has 0 spiro atoms. The van der Waals surface area contributed by atoms with Crippen molar-refractivity contribution in [1.29, 1.82) is 5.26 Å². The third kappa shape index (κ3) is 3.11. The minimum absolute atomic E-state index is 0.0980. The highest BCUT2D eigenvalue weighted by Crippen LogP contribution is 2.25. The third-order valence-electron chi connectivity index (χ3n) is 1.86. The van der Waals surface area contributed by atoms with Crippen LogP contribution in [0.15, 0.2) is 12.1 Å². The predicted molar refractivity (Wildman–Crippen MR) is 49.1 cm³/mol. The molecule has 0 aliphatic carbocycles. The summed E-state index contributed by atoms with van der Waals surface area (Å²) in [7, 11) is 0. The second-order valence-electron chi connectivity index (χ2n) is 2.97. The quantitative estimate of drug-likeness (QED) is 0.879. The molecular formula is C10H6F3NO3. The van der Waals surface area contributed by atoms with Crippen molar-refractivity contribution in [2.75, 3.05) is 0 Å². The van der Waals surface area contributed by atoms with Crippen molar-refractivity contribution >= 4 is 5.97 Å². The van der Waals surface area contributed by atoms with E-state index < -0.39 is 36.1 Å². The van der Waals surface area contributed by atoms with Gasteiger partial charge in [-0.05, 0) is 11.6 Å². The molecule has 0 radical (unpaired) electrons. The van der Waals surface area contributed by atoms with Crippen molar-refractivity contribution in [3.05, 3.63) is 29.1 Å². The highest BCUT2D eigenvalue weighted by atomic mass is 19.3. The fraction of sp³-hybridized carbons (Fsp3) is 0.200. The van der Waals surface area contributed by atoms with E-state index in [-0.39, 0.29) is 5.56 Å². The maximum atomic E-state index is 13.5. The van der Waals surface area contributed by atoms with Crippen LogP contribution in [0.25, 0.3) is 0 Å². The van der Waals surface area contributed by atoms with Crippen LogP contribution in [0, 0.1) is 17.1 Å². The number of nitrogens with zero attached hydrogens (tertiary/aromatic N) is 1. The van der Waals surface area contributed by atoms with Crippen LogP contribution in [0.1, 0.15) is 11.1 Å². The number of halogens is 3. The lowest BCUT2D eigenvalue weighted by atomic mass is 10.0. The largest absolute Gasteiger partial charge is 0.481 e. The maximum Gasteiger partial charge on any atom is 0.387 e. The van der Waals surface area contributed by atoms with Crippen LogP contribution in [0.5, 0.6) is 5.75 Å². The standard InChI is InChI=1S/C10H6F3NO3/c11-9-6(4-14)5(3-8(15)16)1-2-7(9)17-10(12)13/h1-2,10H,3H2,(H,15,16). The molecule has 1 aromatic carbocycles. The summed E-state index contributed by atoms with van der Waals surface area (Å²) in [5.74, 6) is -3.33. The average Bonchev–Trinajstić information content (AvgIpc) is 2.21. The predicted octanol–water partition coefficient (Wildman–Crippen LogP) is 1.93. The van der Waals surface area contributed by atoms with Crippen molar-refractivity contribution in [3.63, 3.8) is 0 Å². The first-order valence-corrected chi connectivity index (χ1v) is 4.33. The summed E-state index contributed by atoms with van der Waals surface area (Å²) < 4.78 is 41.1. The molecule has 90 valence electrons. The molecule has 1 N–H and O–H groups in total. The highest BCUT2D eigenvalue weighted by molar-refractivity contribution is 5.71. The van der Waals surface area contributed by atoms with Gasteiger partial charge in [0.15, 0.2) is 11.6 Å². The van der Waals surface area contributed by atoms with E-state index in [1.165, 1.54) is 6.07 Å². The molecule has 1 rings (SSSR count). The van der Waals surface area contributed by atoms with Gasteiger partial charge in [0.25, 0.3) is 0 Å². The number of rotatable bonds is 4. The molecule has 0 aliphatic rings. The number of carboxylic acid groups (broad SMARTS) is 1. The first-order valence-electron chi connectivity index (χ1n) is 4.33. The fourth-order valence-electron chi connectivity index (χ4n) is 1.22. The molecule has 0 heterocycles. The van der Waals surface area contributed by atoms with Gasteiger partial charge in [-0.15, -0.1) is 0 Å². The highest BCUT2D eigenvalue weighted by Gasteiger charge is 2.18. The van der Waals surface area contributed by atoms with Gasteiger partial charge in [-0.2, -0.15) is 14.0 Å². The zero-order valence-electron chi connectivity index (χ0n) is 8.28. The van der Waals surface area contributed by atoms with E-state index in [2.05, 4.69) is 4.74 Å². The molecule has 1 aromatic rings. The average molecular weight is 245 g/mol. The maximum absolute atomic E-state index is 13.5. The minimum Gasteiger partial charge on any atom is -0.481 e. The van der Waals surface area contributed by atoms with Gasteiger partial charge < -0.3 is 9.84 Å². The van der Waals surface area contributed by atoms with E-state index in [0.717, 1.165) is 12.1 Å². The van der Waals surface area contributed by atoms with E-state index in [1.54, 1.807) is 0 Å². The van der Waals surface area contributed by atoms with Gasteiger partial charge in [-0.25, -0.2) is 4.39 Å². The molecule has 0 atom stereocenters. The van der Waals surface area contributed by atoms with Gasteiger partial charge in [0.1, 0.15) is 6.07 Å². The summed E-state index contributed by atoms with van der Waals surface area (Å²) in [6.07, 6.45) is -0.575. The number of hydrogen-bond acceptors (Lipinski definition) is 3. The molecule has 0 aliphatic heterocycles. The second kappa shape index (κ2) is 5.21. The van der Waals surface area contributed by atoms with Crippen molar-refractivity contribution < 1.29 is 27.8 Å². The van der Waals surface area contributed by atoms with Gasteiger partial charge in [-0.3, -0.25) is 4.79 Å². The van der Waals surface area contributed by atoms with Gasteiger partial charge in [0.2, 0.25) is 0 Å². The summed E-state index contributed by atoms with van der Waals surface area (Å²) in [5, 5.41) is 17.2. The number of hydrogen-bond donors (Lipinski definition) is 1. The van der Waals surface area contributed by atoms with E-state index in [1.807, 2.05) is 0 Å². The van der Waals surface area contributed by atoms with Crippen LogP contribution < -0.4 is 4.74 Å². The Kier molecular flexibility index (Phi) is 3.93. The topological polar surface area (TPSA) is 70.3 Å². The number of carbonyl (C=O) groups is 1. The molecule has 17 heavy (non-hydrogen) atoms. The van der Waals surface area contributed by atoms with Crippen LogP contribution >= 0.6 is 0 Å². The van der Waals surface area contributed by atoms with Crippen LogP contribution in [0.4, 0.5) is 13.2 Å². The molecule has 0 bridgehead atoms. The van der Waals surface area contributed by atoms with Crippen molar-refractivity contribution in [3.8, 4) is 11.8 Å². The zero-order valence-corrected chi connectivity index (χ0v) is 8.28. The fourth-order valence-corrected chi connectivity index (χ4v) is 1.22. The lowest BCUT2D eigenvalue weighted by Gasteiger charge is -2.08. The SMILES string of the molecule is N#Cc1c(CC(=O)O)ccc(OC(F)F)c1F. The molecule has 7 heteroatoms. The summed E-state index contributed by atoms with van der Waals surface area (Å²) >= 11 is 0. The van der Waals surface area contributed by atoms with Crippen LogP contribution in [-0.2, 0) is 11.2 Å². The molecule has 0 aromatic heterocycles. The molecule has 0 saturated carbocycles. The minimum atomic E-state index is -3.22. The van der Waals surface area contributed by atoms with Gasteiger partial charge in [0, 0.05) is 0 Å². The Morgan fingerprint density at radius 1 is 1.53 bits per heavy atom. The van der Waals surface area contributed by atoms with Gasteiger partial charge >= 0.3 is 12.6 Å². The smallest absolute Gasteiger partial charge is 0.387 e. The molecule has 0 unspecified atom stereocenters. The Morgan fingerprint density at radius 3 is 2.65 bits per heavy atom. The number of carboxylic acids is 1. The van der Waals surface area contributed by atoms with Crippen LogP contribution in [0.2, 0.25) is 0 Å². The van der Waals surface area contributed by atoms with E-state index in [0.29, 0.717) is 0 Å². The van der Waals surface area contributed by atoms with E-state index in [4.69, 9.17) is 10.4 Å². The Balaban J connectivity index is 3.18. The van der Waals surface area contributed by atoms with E-state index >= 15 is 0 Å². The Bertz CT molecular complexity index is 482. The van der Waals surface area contributed by atoms with Crippen LogP contribution in [0.3, 0.4) is 0 Å². The van der Waals surface area contributed by atoms with Gasteiger partial charge in [0.05, 0.1) is 12.0 Å². The van der Waals surface area contributed by atoms with E-state index in [9.17, 15) is 18.0 Å². The molecule has 0 saturated heterocycles. The Hall–Kier alpha value is -2.23. The normalized spacial score (nSPS) is 10.1. The zero-order chi connectivity index (χ0) is 13.0. The number of nitriles is 1. The molecule has 0 amide bonds. The number of benzene rings is 1. The first kappa shape index (κ1) is 12.8. The van der Waals surface area contributed by atoms with Crippen LogP contribution in [-0.4, -0.2) is 17.7 Å². The monoisotopic (exact) mass is 245 g/mol. The number of aliphatic carboxylic acids is 1. The van der Waals surface area contributed by atoms with Gasteiger partial charge in [-0.1, -0.05) is 6.07 Å². The lowest BCUT2D eigenvalue weighted by Crippen LogP contribution is -2.08. The summed E-state index contributed by atoms with van der Waals surface area (Å²) in [4.78, 5) is 10.4. The Morgan fingerprint density at radius 2 is 2.18 bits per heavy atom. The third-order valence-corrected chi connectivity index (χ3v) is 1.86. The lowest BCUT2D eigenvalue weighted by molar-refractivity contribution is -0.136. The molecular weight excluding hydrogens is 239 g/mol. The second-order valence-corrected chi connectivity index (χ2v) is 2.97. The summed E-state index contributed by atoms with van der Waals surface area (Å²) in [6.45, 7) is -3.22. The summed E-state index contributed by atoms with van der Waals surface area (Å²) in [6, 6.07) is 3.34. The first-order chi connectivity index (χ1) is 7.95. The number of ether oxygens (including phenoxy) is 1.